The second-order valence-corrected chi connectivity index (χ2v) is 4.63. The quantitative estimate of drug-likeness (QED) is 0.616. The molecule has 0 aliphatic heterocycles. The molecule has 0 heterocycles. The Labute approximate surface area is 99.9 Å². The van der Waals surface area contributed by atoms with E-state index in [1.54, 1.807) is 21.0 Å². The Balaban J connectivity index is 3.74. The van der Waals surface area contributed by atoms with Gasteiger partial charge in [-0.1, -0.05) is 0 Å². The topological polar surface area (TPSA) is 75.6 Å². The Hall–Kier alpha value is -0.750. The molecule has 0 rings (SSSR count). The van der Waals surface area contributed by atoms with E-state index in [1.807, 2.05) is 0 Å². The van der Waals surface area contributed by atoms with Crippen molar-refractivity contribution in [3.8, 4) is 0 Å². The summed E-state index contributed by atoms with van der Waals surface area (Å²) in [5.74, 6) is -0.526. The molecule has 1 amide bonds. The van der Waals surface area contributed by atoms with Crippen molar-refractivity contribution in [2.45, 2.75) is 19.9 Å². The third-order valence-electron chi connectivity index (χ3n) is 2.19. The van der Waals surface area contributed by atoms with Crippen LogP contribution in [0.15, 0.2) is 0 Å². The van der Waals surface area contributed by atoms with E-state index in [-0.39, 0.29) is 11.9 Å². The average Bonchev–Trinajstić information content (AvgIpc) is 2.23. The number of carbonyl (C=O) groups is 2. The SMILES string of the molecule is COCCSCC(=O)NC(C)C(C)C(=O)O. The smallest absolute Gasteiger partial charge is 0.308 e. The van der Waals surface area contributed by atoms with Crippen LogP contribution in [0, 0.1) is 5.92 Å². The van der Waals surface area contributed by atoms with Gasteiger partial charge in [-0.25, -0.2) is 0 Å². The van der Waals surface area contributed by atoms with Crippen molar-refractivity contribution in [1.82, 2.24) is 5.32 Å². The molecule has 0 aliphatic carbocycles. The molecule has 2 atom stereocenters. The zero-order valence-corrected chi connectivity index (χ0v) is 10.7. The normalized spacial score (nSPS) is 14.2. The Morgan fingerprint density at radius 3 is 2.56 bits per heavy atom. The predicted molar refractivity (Wildman–Crippen MR) is 63.6 cm³/mol. The molecule has 16 heavy (non-hydrogen) atoms. The first-order valence-electron chi connectivity index (χ1n) is 5.08. The lowest BCUT2D eigenvalue weighted by Gasteiger charge is -2.17. The fraction of sp³-hybridized carbons (Fsp3) is 0.800. The number of amides is 1. The van der Waals surface area contributed by atoms with Crippen LogP contribution >= 0.6 is 11.8 Å². The molecule has 0 saturated heterocycles. The van der Waals surface area contributed by atoms with Crippen molar-refractivity contribution >= 4 is 23.6 Å². The molecule has 0 fully saturated rings. The largest absolute Gasteiger partial charge is 0.481 e. The molecule has 6 heteroatoms. The van der Waals surface area contributed by atoms with Gasteiger partial charge in [0.2, 0.25) is 5.91 Å². The summed E-state index contributed by atoms with van der Waals surface area (Å²) in [5, 5.41) is 11.4. The number of carbonyl (C=O) groups excluding carboxylic acids is 1. The van der Waals surface area contributed by atoms with Crippen LogP contribution in [-0.2, 0) is 14.3 Å². The van der Waals surface area contributed by atoms with Gasteiger partial charge >= 0.3 is 5.97 Å². The summed E-state index contributed by atoms with van der Waals surface area (Å²) in [6.45, 7) is 3.88. The number of aliphatic carboxylic acids is 1. The minimum Gasteiger partial charge on any atom is -0.481 e. The number of carboxylic acids is 1. The van der Waals surface area contributed by atoms with E-state index in [0.717, 1.165) is 5.75 Å². The van der Waals surface area contributed by atoms with Gasteiger partial charge in [0, 0.05) is 18.9 Å². The molecule has 0 aromatic rings. The van der Waals surface area contributed by atoms with E-state index in [1.165, 1.54) is 11.8 Å². The van der Waals surface area contributed by atoms with Gasteiger partial charge in [0.1, 0.15) is 0 Å². The van der Waals surface area contributed by atoms with E-state index in [2.05, 4.69) is 5.32 Å². The highest BCUT2D eigenvalue weighted by molar-refractivity contribution is 7.99. The van der Waals surface area contributed by atoms with E-state index in [0.29, 0.717) is 12.4 Å². The number of thioether (sulfide) groups is 1. The summed E-state index contributed by atoms with van der Waals surface area (Å²) < 4.78 is 4.84. The lowest BCUT2D eigenvalue weighted by Crippen LogP contribution is -2.40. The van der Waals surface area contributed by atoms with Gasteiger partial charge in [-0.2, -0.15) is 0 Å². The molecule has 0 aliphatic rings. The third-order valence-corrected chi connectivity index (χ3v) is 3.11. The van der Waals surface area contributed by atoms with Gasteiger partial charge in [0.05, 0.1) is 18.3 Å². The highest BCUT2D eigenvalue weighted by atomic mass is 32.2. The number of hydrogen-bond donors (Lipinski definition) is 2. The molecule has 2 N–H and O–H groups in total. The van der Waals surface area contributed by atoms with E-state index >= 15 is 0 Å². The van der Waals surface area contributed by atoms with E-state index in [4.69, 9.17) is 9.84 Å². The summed E-state index contributed by atoms with van der Waals surface area (Å²) in [7, 11) is 1.61. The van der Waals surface area contributed by atoms with Crippen LogP contribution in [0.2, 0.25) is 0 Å². The van der Waals surface area contributed by atoms with E-state index < -0.39 is 11.9 Å². The van der Waals surface area contributed by atoms with Crippen molar-refractivity contribution in [1.29, 1.82) is 0 Å². The Morgan fingerprint density at radius 2 is 2.06 bits per heavy atom. The maximum atomic E-state index is 11.4. The Bertz CT molecular complexity index is 235. The second kappa shape index (κ2) is 8.41. The van der Waals surface area contributed by atoms with Gasteiger partial charge < -0.3 is 15.2 Å². The fourth-order valence-electron chi connectivity index (χ4n) is 0.942. The first-order valence-corrected chi connectivity index (χ1v) is 6.23. The maximum absolute atomic E-state index is 11.4. The molecular weight excluding hydrogens is 230 g/mol. The molecular formula is C10H19NO4S. The molecule has 0 spiro atoms. The van der Waals surface area contributed by atoms with E-state index in [9.17, 15) is 9.59 Å². The first-order chi connectivity index (χ1) is 7.49. The summed E-state index contributed by atoms with van der Waals surface area (Å²) in [6.07, 6.45) is 0. The summed E-state index contributed by atoms with van der Waals surface area (Å²) >= 11 is 1.46. The van der Waals surface area contributed by atoms with Gasteiger partial charge in [-0.15, -0.1) is 11.8 Å². The molecule has 0 radical (unpaired) electrons. The van der Waals surface area contributed by atoms with Gasteiger partial charge in [0.15, 0.2) is 0 Å². The fourth-order valence-corrected chi connectivity index (χ4v) is 1.64. The minimum absolute atomic E-state index is 0.137. The molecule has 2 unspecified atom stereocenters. The highest BCUT2D eigenvalue weighted by Crippen LogP contribution is 2.04. The van der Waals surface area contributed by atoms with Crippen LogP contribution in [0.5, 0.6) is 0 Å². The van der Waals surface area contributed by atoms with Gasteiger partial charge in [0.25, 0.3) is 0 Å². The minimum atomic E-state index is -0.903. The molecule has 0 bridgehead atoms. The zero-order valence-electron chi connectivity index (χ0n) is 9.86. The molecule has 5 nitrogen and oxygen atoms in total. The van der Waals surface area contributed by atoms with Crippen LogP contribution in [0.25, 0.3) is 0 Å². The van der Waals surface area contributed by atoms with Gasteiger partial charge in [-0.05, 0) is 13.8 Å². The van der Waals surface area contributed by atoms with Crippen LogP contribution < -0.4 is 5.32 Å². The van der Waals surface area contributed by atoms with Crippen molar-refractivity contribution in [2.75, 3.05) is 25.2 Å². The predicted octanol–water partition coefficient (Wildman–Crippen LogP) is 0.591. The Morgan fingerprint density at radius 1 is 1.44 bits per heavy atom. The van der Waals surface area contributed by atoms with Crippen molar-refractivity contribution in [3.05, 3.63) is 0 Å². The molecule has 0 saturated carbocycles. The summed E-state index contributed by atoms with van der Waals surface area (Å²) in [4.78, 5) is 22.0. The van der Waals surface area contributed by atoms with Crippen molar-refractivity contribution in [2.24, 2.45) is 5.92 Å². The van der Waals surface area contributed by atoms with Crippen LogP contribution in [-0.4, -0.2) is 48.2 Å². The number of methoxy groups -OCH3 is 1. The molecule has 0 aromatic heterocycles. The second-order valence-electron chi connectivity index (χ2n) is 3.53. The maximum Gasteiger partial charge on any atom is 0.308 e. The summed E-state index contributed by atoms with van der Waals surface area (Å²) in [6, 6.07) is -0.354. The summed E-state index contributed by atoms with van der Waals surface area (Å²) in [5.41, 5.74) is 0. The average molecular weight is 249 g/mol. The number of hydrogen-bond acceptors (Lipinski definition) is 4. The highest BCUT2D eigenvalue weighted by Gasteiger charge is 2.20. The van der Waals surface area contributed by atoms with Gasteiger partial charge in [-0.3, -0.25) is 9.59 Å². The lowest BCUT2D eigenvalue weighted by molar-refractivity contribution is -0.142. The van der Waals surface area contributed by atoms with Crippen molar-refractivity contribution < 1.29 is 19.4 Å². The number of nitrogens with one attached hydrogen (secondary N) is 1. The monoisotopic (exact) mass is 249 g/mol. The number of ether oxygens (including phenoxy) is 1. The number of carboxylic acid groups (broad SMARTS) is 1. The van der Waals surface area contributed by atoms with Crippen LogP contribution in [0.1, 0.15) is 13.8 Å². The zero-order chi connectivity index (χ0) is 12.6. The number of rotatable bonds is 8. The standard InChI is InChI=1S/C10H19NO4S/c1-7(10(13)14)8(2)11-9(12)6-16-5-4-15-3/h7-8H,4-6H2,1-3H3,(H,11,12)(H,13,14). The molecule has 94 valence electrons. The van der Waals surface area contributed by atoms with Crippen LogP contribution in [0.4, 0.5) is 0 Å². The van der Waals surface area contributed by atoms with Crippen molar-refractivity contribution in [3.63, 3.8) is 0 Å². The first kappa shape index (κ1) is 15.2. The molecule has 0 aromatic carbocycles. The lowest BCUT2D eigenvalue weighted by atomic mass is 10.0. The Kier molecular flexibility index (Phi) is 8.01. The third kappa shape index (κ3) is 6.68. The van der Waals surface area contributed by atoms with Crippen LogP contribution in [0.3, 0.4) is 0 Å².